The number of ether oxygens (including phenoxy) is 1. The maximum absolute atomic E-state index is 12.1. The van der Waals surface area contributed by atoms with Gasteiger partial charge in [-0.3, -0.25) is 91.7 Å². The molecule has 36 nitrogen and oxygen atoms in total. The van der Waals surface area contributed by atoms with Crippen LogP contribution in [0.25, 0.3) is 0 Å². The van der Waals surface area contributed by atoms with Gasteiger partial charge < -0.3 is 63.6 Å². The summed E-state index contributed by atoms with van der Waals surface area (Å²) in [4.78, 5) is 188. The Labute approximate surface area is 808 Å². The van der Waals surface area contributed by atoms with Crippen LogP contribution in [0.1, 0.15) is 237 Å². The lowest BCUT2D eigenvalue weighted by Crippen LogP contribution is -2.23. The topological polar surface area (TPSA) is 605 Å². The summed E-state index contributed by atoms with van der Waals surface area (Å²) in [7, 11) is 3.37. The van der Waals surface area contributed by atoms with E-state index in [0.29, 0.717) is 174 Å². The van der Waals surface area contributed by atoms with Crippen molar-refractivity contribution in [1.82, 2.24) is 45.2 Å². The summed E-state index contributed by atoms with van der Waals surface area (Å²) in [6.07, 6.45) is 18.7. The molecule has 0 bridgehead atoms. The predicted molar refractivity (Wildman–Crippen MR) is 515 cm³/mol. The maximum atomic E-state index is 12.1. The maximum Gasteiger partial charge on any atom is 0.254 e. The number of aryl methyl sites for hydroxylation is 11. The lowest BCUT2D eigenvalue weighted by Gasteiger charge is -2.00. The van der Waals surface area contributed by atoms with Gasteiger partial charge in [-0.05, 0) is 148 Å². The minimum absolute atomic E-state index is 0.00160. The Morgan fingerprint density at radius 2 is 0.684 bits per heavy atom. The highest BCUT2D eigenvalue weighted by molar-refractivity contribution is 7.18. The molecule has 0 atom stereocenters. The predicted octanol–water partition coefficient (Wildman–Crippen LogP) is 11.8. The van der Waals surface area contributed by atoms with Crippen molar-refractivity contribution >= 4 is 160 Å². The van der Waals surface area contributed by atoms with E-state index < -0.39 is 0 Å². The average Bonchev–Trinajstić information content (AvgIpc) is 1.71. The second-order valence-electron chi connectivity index (χ2n) is 29.1. The lowest BCUT2D eigenvalue weighted by molar-refractivity contribution is -0.605. The van der Waals surface area contributed by atoms with Crippen LogP contribution in [0.5, 0.6) is 5.88 Å². The molecule has 712 valence electrons. The van der Waals surface area contributed by atoms with E-state index in [2.05, 4.69) is 40.5 Å². The number of hydrogen-bond acceptors (Lipinski definition) is 41. The average molecular weight is 1980 g/mol. The Kier molecular flexibility index (Phi) is 44.7. The third-order valence-electron chi connectivity index (χ3n) is 19.1. The molecule has 0 aliphatic heterocycles. The fraction of sp³-hybridized carbons (Fsp3) is 0.280. The summed E-state index contributed by atoms with van der Waals surface area (Å²) in [6, 6.07) is 33.7. The van der Waals surface area contributed by atoms with Gasteiger partial charge in [-0.15, -0.1) is 79.4 Å². The first-order chi connectivity index (χ1) is 65.3. The zero-order valence-electron chi connectivity index (χ0n) is 74.6. The summed E-state index contributed by atoms with van der Waals surface area (Å²) in [6.45, 7) is 5.38. The Morgan fingerprint density at radius 1 is 0.346 bits per heavy atom. The van der Waals surface area contributed by atoms with Gasteiger partial charge in [0.05, 0.1) is 156 Å². The van der Waals surface area contributed by atoms with E-state index in [4.69, 9.17) is 58.4 Å². The largest absolute Gasteiger partial charge is 0.619 e. The van der Waals surface area contributed by atoms with Crippen LogP contribution in [-0.4, -0.2) is 179 Å². The SMILES string of the molecule is COc1cc(CCC(=O)c2ccc(C(=O)CN)s2)on1.Cc1cc(CCC(=O)c2ccc(C(=O)CN)s2)nn1C.Cc1cc(CCC(=O)c2ccc(C(=O)CN)s2)no1.Cc1cnc(CCC(=O)c2ccc(C(=O)CN)s2)cn1.NCC(=O)c1ccc(C(=O)CCc2cc[n+]([O-])cc2)s1.NCC(=O)c1ccc(C(=O)CCc2ccno2)s1.NCC(=O)c1ccc(C(=O)CCc2cnccn2)s1. The van der Waals surface area contributed by atoms with Gasteiger partial charge in [0.2, 0.25) is 0 Å². The number of methoxy groups -OCH3 is 1. The molecule has 0 saturated heterocycles. The molecular weight excluding hydrogens is 1880 g/mol. The van der Waals surface area contributed by atoms with Crippen LogP contribution in [-0.2, 0) is 52.0 Å². The minimum atomic E-state index is -0.158. The molecular formula is C93H99N17O19S7. The molecule has 0 fully saturated rings. The van der Waals surface area contributed by atoms with Crippen molar-refractivity contribution in [2.24, 2.45) is 47.2 Å². The number of thiophene rings is 7. The third-order valence-corrected chi connectivity index (χ3v) is 27.2. The highest BCUT2D eigenvalue weighted by Crippen LogP contribution is 2.27. The first kappa shape index (κ1) is 108. The first-order valence-corrected chi connectivity index (χ1v) is 47.6. The number of aromatic nitrogens is 10. The smallest absolute Gasteiger partial charge is 0.254 e. The number of nitrogens with two attached hydrogens (primary N) is 7. The summed E-state index contributed by atoms with van der Waals surface area (Å²) in [5.41, 5.74) is 43.1. The number of hydrogen-bond donors (Lipinski definition) is 7. The molecule has 0 aromatic carbocycles. The number of ketones is 14. The molecule has 0 aliphatic rings. The standard InChI is InChI=1S/C14H17N3O2S.C14H15N3O2S.C14H14N2O3S.C13H13N3O2S.C13H14N2O4S.C13H14N2O3S.C12H12N2O3S/c1-9-7-10(16-17(9)2)3-4-11(18)13-5-6-14(20-13)12(19)8-15;1-9-7-17-10(8-16-9)2-3-11(18)13-4-5-14(20-13)12(19)6-15;15-9-12(18)14-4-3-13(20-14)11(17)2-1-10-5-7-16(19)8-6-10;14-7-11(18)13-4-3-12(19-13)10(17)2-1-9-8-15-5-6-16-9;1-18-13-6-8(19-15-13)2-3-9(16)11-4-5-12(20-11)10(17)7-14;1-8-6-9(15-18-8)2-3-10(16)12-4-5-13(19-12)11(17)7-14;13-7-10(16)12-4-3-11(18-12)9(15)2-1-8-5-6-14-17-8/h5-7H,3-4,8,15H2,1-2H3;4-5,7-8H,2-3,6,15H2,1H3;3-8H,1-2,9,15H2;3-6,8H,1-2,7,14H2;4-6H,2-3,7,14H2,1H3;4-6H,2-3,7,14H2,1H3;3-6H,1-2,7,13H2. The van der Waals surface area contributed by atoms with Gasteiger partial charge in [-0.2, -0.15) is 9.83 Å². The summed E-state index contributed by atoms with van der Waals surface area (Å²) in [5, 5.41) is 26.3. The summed E-state index contributed by atoms with van der Waals surface area (Å²) in [5.74, 6) is 1.37. The molecule has 14 N–H and O–H groups in total. The van der Waals surface area contributed by atoms with Gasteiger partial charge in [0.1, 0.15) is 17.3 Å². The molecule has 0 amide bonds. The van der Waals surface area contributed by atoms with Crippen molar-refractivity contribution in [2.45, 2.75) is 111 Å². The van der Waals surface area contributed by atoms with Gasteiger partial charge in [0.25, 0.3) is 5.88 Å². The number of Topliss-reactive ketones (excluding diaryl/α,β-unsaturated/α-hetero) is 14. The molecule has 0 aliphatic carbocycles. The molecule has 14 heterocycles. The zero-order valence-corrected chi connectivity index (χ0v) is 80.4. The molecule has 0 spiro atoms. The van der Waals surface area contributed by atoms with Gasteiger partial charge >= 0.3 is 0 Å². The number of carbonyl (C=O) groups is 14. The second-order valence-corrected chi connectivity index (χ2v) is 36.6. The Morgan fingerprint density at radius 3 is 0.978 bits per heavy atom. The molecule has 0 saturated carbocycles. The van der Waals surface area contributed by atoms with Crippen molar-refractivity contribution < 1.29 is 90.2 Å². The Balaban J connectivity index is 0.000000195. The fourth-order valence-electron chi connectivity index (χ4n) is 11.5. The van der Waals surface area contributed by atoms with E-state index in [0.717, 1.165) is 45.5 Å². The van der Waals surface area contributed by atoms with E-state index >= 15 is 0 Å². The monoisotopic (exact) mass is 1980 g/mol. The number of pyridine rings is 1. The molecule has 14 rings (SSSR count). The van der Waals surface area contributed by atoms with Crippen LogP contribution in [0.3, 0.4) is 0 Å². The summed E-state index contributed by atoms with van der Waals surface area (Å²) >= 11 is 8.33. The molecule has 0 unspecified atom stereocenters. The highest BCUT2D eigenvalue weighted by atomic mass is 32.1. The molecule has 136 heavy (non-hydrogen) atoms. The van der Waals surface area contributed by atoms with Crippen molar-refractivity contribution in [2.75, 3.05) is 52.9 Å². The van der Waals surface area contributed by atoms with Crippen LogP contribution in [0.15, 0.2) is 184 Å². The highest BCUT2D eigenvalue weighted by Gasteiger charge is 2.22. The molecule has 14 aromatic heterocycles. The third kappa shape index (κ3) is 35.2. The van der Waals surface area contributed by atoms with Crippen LogP contribution in [0, 0.1) is 26.0 Å². The number of carbonyl (C=O) groups excluding carboxylic acids is 14. The lowest BCUT2D eigenvalue weighted by atomic mass is 10.1. The number of nitrogens with zero attached hydrogens (tertiary/aromatic N) is 10. The van der Waals surface area contributed by atoms with Crippen LogP contribution >= 0.6 is 79.4 Å². The van der Waals surface area contributed by atoms with Crippen molar-refractivity contribution in [1.29, 1.82) is 0 Å². The Bertz CT molecular complexity index is 6220. The van der Waals surface area contributed by atoms with Crippen molar-refractivity contribution in [3.05, 3.63) is 301 Å². The fourth-order valence-corrected chi connectivity index (χ4v) is 18.0. The number of rotatable bonds is 43. The van der Waals surface area contributed by atoms with Gasteiger partial charge in [0, 0.05) is 138 Å². The minimum Gasteiger partial charge on any atom is -0.619 e. The zero-order chi connectivity index (χ0) is 98.8. The van der Waals surface area contributed by atoms with E-state index in [-0.39, 0.29) is 133 Å². The van der Waals surface area contributed by atoms with Crippen LogP contribution in [0.2, 0.25) is 0 Å². The van der Waals surface area contributed by atoms with Crippen LogP contribution < -0.4 is 49.6 Å². The van der Waals surface area contributed by atoms with Gasteiger partial charge in [-0.25, -0.2) is 0 Å². The van der Waals surface area contributed by atoms with Crippen molar-refractivity contribution in [3.63, 3.8) is 0 Å². The summed E-state index contributed by atoms with van der Waals surface area (Å²) < 4.78 is 22.2. The first-order valence-electron chi connectivity index (χ1n) is 41.9. The van der Waals surface area contributed by atoms with Gasteiger partial charge in [0.15, 0.2) is 93.4 Å². The van der Waals surface area contributed by atoms with E-state index in [1.807, 2.05) is 40.0 Å². The van der Waals surface area contributed by atoms with Crippen LogP contribution in [0.4, 0.5) is 0 Å². The normalized spacial score (nSPS) is 10.5. The molecule has 43 heteroatoms. The van der Waals surface area contributed by atoms with Crippen molar-refractivity contribution in [3.8, 4) is 5.88 Å². The second kappa shape index (κ2) is 56.2. The molecule has 14 aromatic rings. The quantitative estimate of drug-likeness (QED) is 0.0106. The van der Waals surface area contributed by atoms with E-state index in [9.17, 15) is 72.3 Å². The van der Waals surface area contributed by atoms with E-state index in [1.54, 1.807) is 151 Å². The molecule has 0 radical (unpaired) electrons. The van der Waals surface area contributed by atoms with E-state index in [1.165, 1.54) is 98.9 Å². The Hall–Kier alpha value is -13.3. The van der Waals surface area contributed by atoms with Gasteiger partial charge in [-0.1, -0.05) is 10.3 Å².